The zero-order chi connectivity index (χ0) is 19.0. The number of hydrogen-bond donors (Lipinski definition) is 1. The molecule has 9 heteroatoms. The second kappa shape index (κ2) is 7.28. The third-order valence-electron chi connectivity index (χ3n) is 4.05. The fourth-order valence-electron chi connectivity index (χ4n) is 2.93. The van der Waals surface area contributed by atoms with Crippen molar-refractivity contribution in [3.8, 4) is 5.75 Å². The number of halogens is 4. The molecule has 0 unspecified atom stereocenters. The second-order valence-corrected chi connectivity index (χ2v) is 7.10. The summed E-state index contributed by atoms with van der Waals surface area (Å²) >= 11 is 9.57. The lowest BCUT2D eigenvalue weighted by Crippen LogP contribution is -2.21. The number of aromatic nitrogens is 3. The maximum absolute atomic E-state index is 12.9. The number of anilines is 1. The number of rotatable bonds is 4. The van der Waals surface area contributed by atoms with E-state index in [1.807, 2.05) is 30.3 Å². The zero-order valence-electron chi connectivity index (χ0n) is 13.6. The molecule has 0 spiro atoms. The number of nitrogens with zero attached hydrogens (tertiary/aromatic N) is 3. The van der Waals surface area contributed by atoms with Gasteiger partial charge in [0.05, 0.1) is 0 Å². The third-order valence-corrected chi connectivity index (χ3v) is 4.78. The molecule has 5 nitrogen and oxygen atoms in total. The van der Waals surface area contributed by atoms with E-state index >= 15 is 0 Å². The molecule has 2 heterocycles. The second-order valence-electron chi connectivity index (χ2n) is 5.75. The lowest BCUT2D eigenvalue weighted by atomic mass is 10.0. The fraction of sp³-hybridized carbons (Fsp3) is 0.111. The molecular formula is C18H12BrClF2N4O. The van der Waals surface area contributed by atoms with Crippen LogP contribution in [0.3, 0.4) is 0 Å². The number of allylic oxidation sites excluding steroid dienone is 1. The fourth-order valence-corrected chi connectivity index (χ4v) is 3.51. The minimum atomic E-state index is -2.95. The average molecular weight is 454 g/mol. The van der Waals surface area contributed by atoms with Crippen molar-refractivity contribution < 1.29 is 13.5 Å². The normalized spacial score (nSPS) is 15.9. The van der Waals surface area contributed by atoms with Gasteiger partial charge in [0.15, 0.2) is 0 Å². The summed E-state index contributed by atoms with van der Waals surface area (Å²) in [7, 11) is 0. The highest BCUT2D eigenvalue weighted by atomic mass is 79.9. The first-order valence-corrected chi connectivity index (χ1v) is 9.07. The molecule has 0 saturated heterocycles. The molecule has 0 aliphatic carbocycles. The summed E-state index contributed by atoms with van der Waals surface area (Å²) in [4.78, 5) is 4.21. The lowest BCUT2D eigenvalue weighted by Gasteiger charge is -2.26. The van der Waals surface area contributed by atoms with Gasteiger partial charge in [-0.15, -0.1) is 0 Å². The Morgan fingerprint density at radius 2 is 2.07 bits per heavy atom. The minimum Gasteiger partial charge on any atom is -0.434 e. The first-order valence-electron chi connectivity index (χ1n) is 7.90. The minimum absolute atomic E-state index is 0.0348. The van der Waals surface area contributed by atoms with Gasteiger partial charge in [-0.3, -0.25) is 0 Å². The number of benzene rings is 2. The maximum atomic E-state index is 12.9. The van der Waals surface area contributed by atoms with Crippen molar-refractivity contribution in [2.75, 3.05) is 5.32 Å². The SMILES string of the molecule is FC(F)Oc1ccc(Cl)cc1[C@H]1C=C(c2cccc(Br)c2)Nc2ncnn21. The molecule has 2 aromatic carbocycles. The Bertz CT molecular complexity index is 1020. The molecule has 1 atom stereocenters. The van der Waals surface area contributed by atoms with Gasteiger partial charge in [-0.25, -0.2) is 4.68 Å². The molecule has 0 radical (unpaired) electrons. The summed E-state index contributed by atoms with van der Waals surface area (Å²) in [5.74, 6) is 0.521. The molecule has 1 aromatic heterocycles. The van der Waals surface area contributed by atoms with Gasteiger partial charge in [0.1, 0.15) is 18.1 Å². The van der Waals surface area contributed by atoms with Crippen molar-refractivity contribution in [2.24, 2.45) is 0 Å². The van der Waals surface area contributed by atoms with Crippen LogP contribution < -0.4 is 10.1 Å². The largest absolute Gasteiger partial charge is 0.434 e. The Morgan fingerprint density at radius 3 is 2.85 bits per heavy atom. The molecule has 138 valence electrons. The monoisotopic (exact) mass is 452 g/mol. The Balaban J connectivity index is 1.85. The molecule has 3 aromatic rings. The highest BCUT2D eigenvalue weighted by molar-refractivity contribution is 9.10. The summed E-state index contributed by atoms with van der Waals surface area (Å²) in [6.07, 6.45) is 3.26. The molecular weight excluding hydrogens is 442 g/mol. The average Bonchev–Trinajstić information content (AvgIpc) is 3.11. The Morgan fingerprint density at radius 1 is 1.22 bits per heavy atom. The van der Waals surface area contributed by atoms with Crippen LogP contribution in [-0.2, 0) is 0 Å². The van der Waals surface area contributed by atoms with Gasteiger partial charge in [-0.05, 0) is 42.0 Å². The van der Waals surface area contributed by atoms with Crippen molar-refractivity contribution in [3.05, 3.63) is 75.5 Å². The van der Waals surface area contributed by atoms with Gasteiger partial charge in [0.2, 0.25) is 5.95 Å². The van der Waals surface area contributed by atoms with Gasteiger partial charge < -0.3 is 10.1 Å². The highest BCUT2D eigenvalue weighted by Crippen LogP contribution is 2.38. The third kappa shape index (κ3) is 3.68. The molecule has 1 aliphatic heterocycles. The van der Waals surface area contributed by atoms with Gasteiger partial charge >= 0.3 is 6.61 Å². The van der Waals surface area contributed by atoms with Gasteiger partial charge in [-0.2, -0.15) is 18.9 Å². The van der Waals surface area contributed by atoms with E-state index in [0.717, 1.165) is 15.7 Å². The summed E-state index contributed by atoms with van der Waals surface area (Å²) in [5, 5.41) is 7.82. The van der Waals surface area contributed by atoms with Crippen molar-refractivity contribution in [3.63, 3.8) is 0 Å². The van der Waals surface area contributed by atoms with Crippen molar-refractivity contribution in [1.82, 2.24) is 14.8 Å². The van der Waals surface area contributed by atoms with E-state index in [1.165, 1.54) is 18.5 Å². The molecule has 0 amide bonds. The van der Waals surface area contributed by atoms with Crippen LogP contribution >= 0.6 is 27.5 Å². The van der Waals surface area contributed by atoms with Crippen LogP contribution in [0.2, 0.25) is 5.02 Å². The Kier molecular flexibility index (Phi) is 4.84. The van der Waals surface area contributed by atoms with E-state index in [1.54, 1.807) is 10.7 Å². The number of ether oxygens (including phenoxy) is 1. The summed E-state index contributed by atoms with van der Waals surface area (Å²) in [6.45, 7) is -2.95. The van der Waals surface area contributed by atoms with Crippen LogP contribution in [0.4, 0.5) is 14.7 Å². The summed E-state index contributed by atoms with van der Waals surface area (Å²) in [5.41, 5.74) is 2.13. The van der Waals surface area contributed by atoms with E-state index in [-0.39, 0.29) is 5.75 Å². The molecule has 27 heavy (non-hydrogen) atoms. The lowest BCUT2D eigenvalue weighted by molar-refractivity contribution is -0.0506. The van der Waals surface area contributed by atoms with Crippen LogP contribution in [0.15, 0.2) is 59.3 Å². The summed E-state index contributed by atoms with van der Waals surface area (Å²) in [6, 6.07) is 11.7. The first-order chi connectivity index (χ1) is 13.0. The standard InChI is InChI=1S/C18H12BrClF2N4O/c19-11-3-1-2-10(6-11)14-8-15(26-18(25-14)23-9-24-26)13-7-12(20)4-5-16(13)27-17(21)22/h1-9,15,17H,(H,23,24,25)/t15-/m1/s1. The van der Waals surface area contributed by atoms with Gasteiger partial charge in [0, 0.05) is 20.8 Å². The Hall–Kier alpha value is -2.45. The predicted octanol–water partition coefficient (Wildman–Crippen LogP) is 5.35. The molecule has 4 rings (SSSR count). The molecule has 0 saturated carbocycles. The highest BCUT2D eigenvalue weighted by Gasteiger charge is 2.27. The summed E-state index contributed by atoms with van der Waals surface area (Å²) < 4.78 is 32.9. The van der Waals surface area contributed by atoms with Crippen molar-refractivity contribution >= 4 is 39.2 Å². The van der Waals surface area contributed by atoms with E-state index in [9.17, 15) is 8.78 Å². The quantitative estimate of drug-likeness (QED) is 0.578. The van der Waals surface area contributed by atoms with E-state index < -0.39 is 12.7 Å². The van der Waals surface area contributed by atoms with E-state index in [0.29, 0.717) is 16.5 Å². The number of nitrogens with one attached hydrogen (secondary N) is 1. The smallest absolute Gasteiger partial charge is 0.387 e. The zero-order valence-corrected chi connectivity index (χ0v) is 16.0. The topological polar surface area (TPSA) is 52.0 Å². The maximum Gasteiger partial charge on any atom is 0.387 e. The van der Waals surface area contributed by atoms with Crippen LogP contribution in [0.5, 0.6) is 5.75 Å². The van der Waals surface area contributed by atoms with Crippen molar-refractivity contribution in [2.45, 2.75) is 12.7 Å². The number of alkyl halides is 2. The molecule has 1 aliphatic rings. The van der Waals surface area contributed by atoms with Crippen LogP contribution in [-0.4, -0.2) is 21.4 Å². The molecule has 1 N–H and O–H groups in total. The van der Waals surface area contributed by atoms with Gasteiger partial charge in [-0.1, -0.05) is 39.7 Å². The van der Waals surface area contributed by atoms with E-state index in [4.69, 9.17) is 16.3 Å². The van der Waals surface area contributed by atoms with Crippen LogP contribution in [0, 0.1) is 0 Å². The molecule has 0 fully saturated rings. The number of hydrogen-bond acceptors (Lipinski definition) is 4. The first kappa shape index (κ1) is 17.9. The Labute approximate surface area is 166 Å². The van der Waals surface area contributed by atoms with Crippen molar-refractivity contribution in [1.29, 1.82) is 0 Å². The van der Waals surface area contributed by atoms with Crippen LogP contribution in [0.25, 0.3) is 5.70 Å². The van der Waals surface area contributed by atoms with E-state index in [2.05, 4.69) is 31.3 Å². The van der Waals surface area contributed by atoms with Gasteiger partial charge in [0.25, 0.3) is 0 Å². The predicted molar refractivity (Wildman–Crippen MR) is 102 cm³/mol. The molecule has 0 bridgehead atoms. The number of fused-ring (bicyclic) bond motifs is 1. The van der Waals surface area contributed by atoms with Crippen LogP contribution in [0.1, 0.15) is 17.2 Å².